The van der Waals surface area contributed by atoms with Crippen LogP contribution < -0.4 is 5.73 Å². The Morgan fingerprint density at radius 1 is 1.03 bits per heavy atom. The van der Waals surface area contributed by atoms with Crippen LogP contribution in [0.25, 0.3) is 11.1 Å². The Kier molecular flexibility index (Phi) is 6.70. The zero-order valence-electron chi connectivity index (χ0n) is 18.1. The van der Waals surface area contributed by atoms with Crippen LogP contribution in [-0.2, 0) is 13.2 Å². The van der Waals surface area contributed by atoms with E-state index in [9.17, 15) is 9.90 Å². The van der Waals surface area contributed by atoms with E-state index in [2.05, 4.69) is 24.1 Å². The third-order valence-corrected chi connectivity index (χ3v) is 6.33. The summed E-state index contributed by atoms with van der Waals surface area (Å²) in [5, 5.41) is 9.29. The second-order valence-electron chi connectivity index (χ2n) is 8.24. The molecule has 1 fully saturated rings. The topological polar surface area (TPSA) is 66.6 Å². The van der Waals surface area contributed by atoms with Crippen LogP contribution in [-0.4, -0.2) is 29.0 Å². The molecule has 0 spiro atoms. The van der Waals surface area contributed by atoms with Crippen molar-refractivity contribution in [1.82, 2.24) is 4.90 Å². The molecular formula is C28H28N2O2. The number of benzene rings is 3. The number of carbonyl (C=O) groups excluding carboxylic acids is 1. The Hall–Kier alpha value is -3.39. The molecule has 1 aliphatic heterocycles. The minimum absolute atomic E-state index is 0.00667. The van der Waals surface area contributed by atoms with Crippen molar-refractivity contribution < 1.29 is 9.90 Å². The van der Waals surface area contributed by atoms with Crippen molar-refractivity contribution in [2.75, 3.05) is 13.1 Å². The fraction of sp³-hybridized carbons (Fsp3) is 0.250. The molecule has 0 bridgehead atoms. The van der Waals surface area contributed by atoms with Crippen molar-refractivity contribution >= 4 is 5.91 Å². The Morgan fingerprint density at radius 2 is 1.75 bits per heavy atom. The summed E-state index contributed by atoms with van der Waals surface area (Å²) >= 11 is 0. The molecule has 0 saturated carbocycles. The van der Waals surface area contributed by atoms with Gasteiger partial charge in [-0.1, -0.05) is 66.6 Å². The fourth-order valence-corrected chi connectivity index (χ4v) is 4.48. The summed E-state index contributed by atoms with van der Waals surface area (Å²) in [5.74, 6) is 3.18. The number of piperidine rings is 1. The minimum atomic E-state index is -0.0130. The summed E-state index contributed by atoms with van der Waals surface area (Å²) in [5.41, 5.74) is 12.1. The first kappa shape index (κ1) is 21.8. The summed E-state index contributed by atoms with van der Waals surface area (Å²) in [6.45, 7) is 1.94. The molecule has 3 aromatic rings. The van der Waals surface area contributed by atoms with Crippen molar-refractivity contribution in [2.24, 2.45) is 5.73 Å². The second kappa shape index (κ2) is 9.82. The van der Waals surface area contributed by atoms with Gasteiger partial charge in [0.15, 0.2) is 0 Å². The second-order valence-corrected chi connectivity index (χ2v) is 8.24. The van der Waals surface area contributed by atoms with Gasteiger partial charge in [-0.25, -0.2) is 0 Å². The predicted octanol–water partition coefficient (Wildman–Crippen LogP) is 4.31. The quantitative estimate of drug-likeness (QED) is 0.600. The third-order valence-electron chi connectivity index (χ3n) is 6.33. The molecule has 1 amide bonds. The molecule has 1 heterocycles. The van der Waals surface area contributed by atoms with Gasteiger partial charge >= 0.3 is 0 Å². The van der Waals surface area contributed by atoms with Crippen LogP contribution in [0, 0.1) is 12.3 Å². The Morgan fingerprint density at radius 3 is 2.41 bits per heavy atom. The average molecular weight is 425 g/mol. The normalized spacial score (nSPS) is 14.2. The molecule has 4 heteroatoms. The molecule has 4 rings (SSSR count). The number of carbonyl (C=O) groups is 1. The van der Waals surface area contributed by atoms with Crippen LogP contribution in [0.4, 0.5) is 0 Å². The lowest BCUT2D eigenvalue weighted by Gasteiger charge is -2.33. The SMILES string of the molecule is C#Cc1c(C(=O)N2CCC(c3cccc(CN)c3)CC2)cccc1-c1ccc(CO)cc1. The summed E-state index contributed by atoms with van der Waals surface area (Å²) in [6.07, 6.45) is 7.71. The van der Waals surface area contributed by atoms with Crippen molar-refractivity contribution in [1.29, 1.82) is 0 Å². The standard InChI is InChI=1S/C28H28N2O2/c1-2-25-26(23-11-9-20(19-31)10-12-23)7-4-8-27(25)28(32)30-15-13-22(14-16-30)24-6-3-5-21(17-24)18-29/h1,3-12,17,22,31H,13-16,18-19,29H2. The highest BCUT2D eigenvalue weighted by molar-refractivity contribution is 5.99. The lowest BCUT2D eigenvalue weighted by molar-refractivity contribution is 0.0712. The highest BCUT2D eigenvalue weighted by Crippen LogP contribution is 2.31. The lowest BCUT2D eigenvalue weighted by Crippen LogP contribution is -2.38. The van der Waals surface area contributed by atoms with Gasteiger partial charge in [0.2, 0.25) is 0 Å². The van der Waals surface area contributed by atoms with Gasteiger partial charge < -0.3 is 15.7 Å². The first-order valence-corrected chi connectivity index (χ1v) is 11.0. The van der Waals surface area contributed by atoms with Gasteiger partial charge in [-0.05, 0) is 52.6 Å². The fourth-order valence-electron chi connectivity index (χ4n) is 4.48. The number of aliphatic hydroxyl groups is 1. The van der Waals surface area contributed by atoms with Crippen LogP contribution in [0.5, 0.6) is 0 Å². The first-order chi connectivity index (χ1) is 15.6. The Balaban J connectivity index is 1.53. The molecule has 0 atom stereocenters. The molecule has 0 aliphatic carbocycles. The highest BCUT2D eigenvalue weighted by atomic mass is 16.3. The van der Waals surface area contributed by atoms with E-state index >= 15 is 0 Å². The van der Waals surface area contributed by atoms with E-state index in [0.29, 0.717) is 36.7 Å². The van der Waals surface area contributed by atoms with Crippen LogP contribution in [0.1, 0.15) is 51.4 Å². The van der Waals surface area contributed by atoms with E-state index in [0.717, 1.165) is 35.1 Å². The van der Waals surface area contributed by atoms with Gasteiger partial charge in [0.1, 0.15) is 0 Å². The van der Waals surface area contributed by atoms with Crippen molar-refractivity contribution in [3.8, 4) is 23.5 Å². The van der Waals surface area contributed by atoms with Gasteiger partial charge in [-0.3, -0.25) is 4.79 Å². The van der Waals surface area contributed by atoms with Gasteiger partial charge in [0, 0.05) is 25.2 Å². The van der Waals surface area contributed by atoms with Crippen LogP contribution >= 0.6 is 0 Å². The number of terminal acetylenes is 1. The Bertz CT molecular complexity index is 1140. The maximum atomic E-state index is 13.4. The summed E-state index contributed by atoms with van der Waals surface area (Å²) in [7, 11) is 0. The molecule has 0 unspecified atom stereocenters. The molecule has 3 aromatic carbocycles. The molecule has 162 valence electrons. The number of hydrogen-bond acceptors (Lipinski definition) is 3. The van der Waals surface area contributed by atoms with Crippen LogP contribution in [0.15, 0.2) is 66.7 Å². The maximum Gasteiger partial charge on any atom is 0.255 e. The molecule has 1 aliphatic rings. The molecule has 1 saturated heterocycles. The van der Waals surface area contributed by atoms with Crippen molar-refractivity contribution in [3.05, 3.63) is 94.5 Å². The molecule has 4 nitrogen and oxygen atoms in total. The number of likely N-dealkylation sites (tertiary alicyclic amines) is 1. The van der Waals surface area contributed by atoms with Crippen molar-refractivity contribution in [3.63, 3.8) is 0 Å². The van der Waals surface area contributed by atoms with Crippen molar-refractivity contribution in [2.45, 2.75) is 31.9 Å². The third kappa shape index (κ3) is 4.45. The van der Waals surface area contributed by atoms with E-state index in [-0.39, 0.29) is 12.5 Å². The minimum Gasteiger partial charge on any atom is -0.392 e. The summed E-state index contributed by atoms with van der Waals surface area (Å²) < 4.78 is 0. The number of nitrogens with zero attached hydrogens (tertiary/aromatic N) is 1. The largest absolute Gasteiger partial charge is 0.392 e. The molecule has 0 aromatic heterocycles. The van der Waals surface area contributed by atoms with E-state index in [4.69, 9.17) is 12.2 Å². The number of rotatable bonds is 5. The van der Waals surface area contributed by atoms with E-state index in [1.54, 1.807) is 0 Å². The lowest BCUT2D eigenvalue weighted by atomic mass is 9.88. The molecule has 0 radical (unpaired) electrons. The number of aliphatic hydroxyl groups excluding tert-OH is 1. The van der Waals surface area contributed by atoms with Gasteiger partial charge in [0.25, 0.3) is 5.91 Å². The van der Waals surface area contributed by atoms with Crippen LogP contribution in [0.3, 0.4) is 0 Å². The monoisotopic (exact) mass is 424 g/mol. The van der Waals surface area contributed by atoms with Gasteiger partial charge in [0.05, 0.1) is 12.2 Å². The van der Waals surface area contributed by atoms with E-state index in [1.165, 1.54) is 5.56 Å². The summed E-state index contributed by atoms with van der Waals surface area (Å²) in [6, 6.07) is 21.7. The van der Waals surface area contributed by atoms with Gasteiger partial charge in [-0.15, -0.1) is 6.42 Å². The van der Waals surface area contributed by atoms with Crippen LogP contribution in [0.2, 0.25) is 0 Å². The highest BCUT2D eigenvalue weighted by Gasteiger charge is 2.26. The molecular weight excluding hydrogens is 396 g/mol. The smallest absolute Gasteiger partial charge is 0.255 e. The zero-order chi connectivity index (χ0) is 22.5. The Labute approximate surface area is 189 Å². The average Bonchev–Trinajstić information content (AvgIpc) is 2.88. The first-order valence-electron chi connectivity index (χ1n) is 11.0. The predicted molar refractivity (Wildman–Crippen MR) is 128 cm³/mol. The number of nitrogens with two attached hydrogens (primary N) is 1. The maximum absolute atomic E-state index is 13.4. The number of amides is 1. The van der Waals surface area contributed by atoms with E-state index in [1.807, 2.05) is 53.4 Å². The summed E-state index contributed by atoms with van der Waals surface area (Å²) in [4.78, 5) is 15.3. The zero-order valence-corrected chi connectivity index (χ0v) is 18.1. The number of hydrogen-bond donors (Lipinski definition) is 2. The van der Waals surface area contributed by atoms with Gasteiger partial charge in [-0.2, -0.15) is 0 Å². The van der Waals surface area contributed by atoms with E-state index < -0.39 is 0 Å². The molecule has 3 N–H and O–H groups in total. The molecule has 32 heavy (non-hydrogen) atoms.